The van der Waals surface area contributed by atoms with Crippen molar-refractivity contribution >= 4 is 11.9 Å². The number of hydrogen-bond acceptors (Lipinski definition) is 4. The third-order valence-electron chi connectivity index (χ3n) is 3.36. The Balaban J connectivity index is 2.64. The molecule has 1 saturated carbocycles. The largest absolute Gasteiger partial charge is 0.481 e. The highest BCUT2D eigenvalue weighted by atomic mass is 16.5. The average Bonchev–Trinajstić information content (AvgIpc) is 2.30. The molecule has 0 aromatic rings. The van der Waals surface area contributed by atoms with Crippen molar-refractivity contribution in [3.05, 3.63) is 0 Å². The van der Waals surface area contributed by atoms with E-state index in [-0.39, 0.29) is 12.8 Å². The molecular formula is C12H20O6. The van der Waals surface area contributed by atoms with Crippen molar-refractivity contribution in [2.75, 3.05) is 6.61 Å². The zero-order chi connectivity index (χ0) is 13.7. The first kappa shape index (κ1) is 14.9. The summed E-state index contributed by atoms with van der Waals surface area (Å²) in [6, 6.07) is 0. The molecule has 0 bridgehead atoms. The summed E-state index contributed by atoms with van der Waals surface area (Å²) in [5, 5.41) is 27.8. The topological polar surface area (TPSA) is 104 Å². The van der Waals surface area contributed by atoms with Crippen molar-refractivity contribution in [1.82, 2.24) is 0 Å². The van der Waals surface area contributed by atoms with Crippen molar-refractivity contribution in [3.63, 3.8) is 0 Å². The summed E-state index contributed by atoms with van der Waals surface area (Å²) < 4.78 is 5.44. The van der Waals surface area contributed by atoms with Gasteiger partial charge in [-0.2, -0.15) is 0 Å². The summed E-state index contributed by atoms with van der Waals surface area (Å²) in [6.07, 6.45) is 0.291. The second kappa shape index (κ2) is 6.70. The first-order valence-electron chi connectivity index (χ1n) is 6.22. The van der Waals surface area contributed by atoms with E-state index < -0.39 is 36.0 Å². The molecule has 0 radical (unpaired) electrons. The van der Waals surface area contributed by atoms with Crippen LogP contribution in [0.2, 0.25) is 0 Å². The second-order valence-corrected chi connectivity index (χ2v) is 4.69. The smallest absolute Gasteiger partial charge is 0.307 e. The Labute approximate surface area is 106 Å². The van der Waals surface area contributed by atoms with Crippen LogP contribution in [0.25, 0.3) is 0 Å². The van der Waals surface area contributed by atoms with Gasteiger partial charge in [0.25, 0.3) is 0 Å². The molecule has 1 rings (SSSR count). The molecule has 6 heteroatoms. The molecule has 18 heavy (non-hydrogen) atoms. The van der Waals surface area contributed by atoms with E-state index in [0.29, 0.717) is 6.61 Å². The van der Waals surface area contributed by atoms with Gasteiger partial charge in [-0.1, -0.05) is 13.3 Å². The van der Waals surface area contributed by atoms with Gasteiger partial charge in [0.1, 0.15) is 0 Å². The van der Waals surface area contributed by atoms with Gasteiger partial charge in [0.2, 0.25) is 0 Å². The Morgan fingerprint density at radius 1 is 1.17 bits per heavy atom. The number of hydrogen-bond donors (Lipinski definition) is 3. The predicted octanol–water partition coefficient (Wildman–Crippen LogP) is 0.728. The molecule has 0 spiro atoms. The van der Waals surface area contributed by atoms with Crippen LogP contribution in [-0.2, 0) is 14.3 Å². The van der Waals surface area contributed by atoms with Gasteiger partial charge in [0, 0.05) is 6.61 Å². The zero-order valence-electron chi connectivity index (χ0n) is 10.4. The summed E-state index contributed by atoms with van der Waals surface area (Å²) in [5.74, 6) is -4.34. The molecule has 0 unspecified atom stereocenters. The van der Waals surface area contributed by atoms with E-state index in [1.165, 1.54) is 0 Å². The van der Waals surface area contributed by atoms with Gasteiger partial charge in [0.15, 0.2) is 0 Å². The molecule has 3 N–H and O–H groups in total. The number of aliphatic carboxylic acids is 2. The van der Waals surface area contributed by atoms with Gasteiger partial charge in [-0.05, 0) is 19.3 Å². The first-order chi connectivity index (χ1) is 8.47. The normalized spacial score (nSPS) is 32.1. The fourth-order valence-corrected chi connectivity index (χ4v) is 2.25. The maximum absolute atomic E-state index is 11.1. The van der Waals surface area contributed by atoms with E-state index in [1.54, 1.807) is 0 Å². The maximum atomic E-state index is 11.1. The molecule has 0 heterocycles. The minimum absolute atomic E-state index is 0.0528. The highest BCUT2D eigenvalue weighted by Crippen LogP contribution is 2.32. The summed E-state index contributed by atoms with van der Waals surface area (Å²) in [7, 11) is 0. The van der Waals surface area contributed by atoms with Crippen LogP contribution < -0.4 is 0 Å². The third-order valence-corrected chi connectivity index (χ3v) is 3.36. The van der Waals surface area contributed by atoms with Crippen LogP contribution in [0.15, 0.2) is 0 Å². The van der Waals surface area contributed by atoms with E-state index in [0.717, 1.165) is 12.8 Å². The predicted molar refractivity (Wildman–Crippen MR) is 62.1 cm³/mol. The monoisotopic (exact) mass is 260 g/mol. The van der Waals surface area contributed by atoms with E-state index in [9.17, 15) is 14.7 Å². The van der Waals surface area contributed by atoms with Crippen molar-refractivity contribution < 1.29 is 29.6 Å². The van der Waals surface area contributed by atoms with Crippen LogP contribution in [0, 0.1) is 11.8 Å². The molecule has 0 aromatic heterocycles. The Bertz CT molecular complexity index is 303. The molecule has 0 aliphatic heterocycles. The van der Waals surface area contributed by atoms with Crippen LogP contribution in [0.1, 0.15) is 32.6 Å². The van der Waals surface area contributed by atoms with Gasteiger partial charge >= 0.3 is 11.9 Å². The summed E-state index contributed by atoms with van der Waals surface area (Å²) in [4.78, 5) is 22.0. The Morgan fingerprint density at radius 3 is 2.22 bits per heavy atom. The number of aliphatic hydroxyl groups is 1. The number of unbranched alkanes of at least 4 members (excludes halogenated alkanes) is 1. The standard InChI is InChI=1S/C12H20O6/c1-2-3-4-18-10-6-8(12(16)17)7(11(14)15)5-9(10)13/h7-10,13H,2-6H2,1H3,(H,14,15)(H,16,17)/t7-,8+,9-,10-/m1/s1. The minimum atomic E-state index is -1.17. The van der Waals surface area contributed by atoms with Crippen LogP contribution in [0.3, 0.4) is 0 Å². The lowest BCUT2D eigenvalue weighted by Gasteiger charge is -2.35. The van der Waals surface area contributed by atoms with Crippen molar-refractivity contribution in [3.8, 4) is 0 Å². The lowest BCUT2D eigenvalue weighted by atomic mass is 9.76. The molecule has 1 fully saturated rings. The van der Waals surface area contributed by atoms with E-state index in [4.69, 9.17) is 14.9 Å². The second-order valence-electron chi connectivity index (χ2n) is 4.69. The zero-order valence-corrected chi connectivity index (χ0v) is 10.4. The van der Waals surface area contributed by atoms with Gasteiger partial charge in [0.05, 0.1) is 24.0 Å². The first-order valence-corrected chi connectivity index (χ1v) is 6.22. The number of rotatable bonds is 6. The fourth-order valence-electron chi connectivity index (χ4n) is 2.25. The van der Waals surface area contributed by atoms with E-state index in [2.05, 4.69) is 0 Å². The van der Waals surface area contributed by atoms with Crippen LogP contribution in [-0.4, -0.2) is 46.1 Å². The quantitative estimate of drug-likeness (QED) is 0.608. The summed E-state index contributed by atoms with van der Waals surface area (Å²) >= 11 is 0. The minimum Gasteiger partial charge on any atom is -0.481 e. The molecule has 6 nitrogen and oxygen atoms in total. The lowest BCUT2D eigenvalue weighted by molar-refractivity contribution is -0.165. The molecule has 0 amide bonds. The number of ether oxygens (including phenoxy) is 1. The Morgan fingerprint density at radius 2 is 1.72 bits per heavy atom. The Hall–Kier alpha value is -1.14. The molecule has 1 aliphatic rings. The number of carboxylic acid groups (broad SMARTS) is 2. The van der Waals surface area contributed by atoms with Crippen molar-refractivity contribution in [1.29, 1.82) is 0 Å². The fraction of sp³-hybridized carbons (Fsp3) is 0.833. The number of carbonyl (C=O) groups is 2. The lowest BCUT2D eigenvalue weighted by Crippen LogP contribution is -2.46. The van der Waals surface area contributed by atoms with Crippen LogP contribution in [0.4, 0.5) is 0 Å². The van der Waals surface area contributed by atoms with Gasteiger partial charge in [-0.25, -0.2) is 0 Å². The van der Waals surface area contributed by atoms with Crippen molar-refractivity contribution in [2.45, 2.75) is 44.8 Å². The average molecular weight is 260 g/mol. The molecular weight excluding hydrogens is 240 g/mol. The van der Waals surface area contributed by atoms with Crippen LogP contribution in [0.5, 0.6) is 0 Å². The SMILES string of the molecule is CCCCO[C@@H]1C[C@H](C(=O)O)[C@H](C(=O)O)C[C@H]1O. The molecule has 1 aliphatic carbocycles. The summed E-state index contributed by atoms with van der Waals surface area (Å²) in [5.41, 5.74) is 0. The van der Waals surface area contributed by atoms with Gasteiger partial charge in [-0.3, -0.25) is 9.59 Å². The third kappa shape index (κ3) is 3.68. The highest BCUT2D eigenvalue weighted by molar-refractivity contribution is 5.80. The molecule has 0 aromatic carbocycles. The molecule has 0 saturated heterocycles. The summed E-state index contributed by atoms with van der Waals surface area (Å²) in [6.45, 7) is 2.46. The molecule has 4 atom stereocenters. The Kier molecular flexibility index (Phi) is 5.55. The van der Waals surface area contributed by atoms with Crippen molar-refractivity contribution in [2.24, 2.45) is 11.8 Å². The van der Waals surface area contributed by atoms with E-state index in [1.807, 2.05) is 6.92 Å². The number of aliphatic hydroxyl groups excluding tert-OH is 1. The highest BCUT2D eigenvalue weighted by Gasteiger charge is 2.44. The van der Waals surface area contributed by atoms with Crippen LogP contribution >= 0.6 is 0 Å². The number of carboxylic acids is 2. The van der Waals surface area contributed by atoms with Gasteiger partial charge < -0.3 is 20.1 Å². The van der Waals surface area contributed by atoms with Gasteiger partial charge in [-0.15, -0.1) is 0 Å². The molecule has 104 valence electrons. The van der Waals surface area contributed by atoms with E-state index >= 15 is 0 Å². The maximum Gasteiger partial charge on any atom is 0.307 e.